The molecule has 0 bridgehead atoms. The summed E-state index contributed by atoms with van der Waals surface area (Å²) in [5, 5.41) is 12.9. The minimum absolute atomic E-state index is 0.00753. The zero-order chi connectivity index (χ0) is 37.1. The third-order valence-corrected chi connectivity index (χ3v) is 17.1. The second-order valence-corrected chi connectivity index (χ2v) is 19.3. The number of aromatic carboxylic acids is 1. The number of rotatable bonds is 6. The van der Waals surface area contributed by atoms with E-state index in [0.717, 1.165) is 60.9 Å². The van der Waals surface area contributed by atoms with Crippen LogP contribution in [-0.2, 0) is 11.3 Å². The molecular formula is C46H59N3O3. The van der Waals surface area contributed by atoms with Gasteiger partial charge in [-0.2, -0.15) is 0 Å². The minimum Gasteiger partial charge on any atom is -0.478 e. The van der Waals surface area contributed by atoms with Crippen LogP contribution in [0.5, 0.6) is 0 Å². The first-order valence-corrected chi connectivity index (χ1v) is 19.9. The van der Waals surface area contributed by atoms with Gasteiger partial charge in [0.15, 0.2) is 0 Å². The van der Waals surface area contributed by atoms with Crippen molar-refractivity contribution in [3.8, 4) is 0 Å². The second kappa shape index (κ2) is 11.7. The first-order chi connectivity index (χ1) is 24.5. The van der Waals surface area contributed by atoms with Crippen molar-refractivity contribution in [3.05, 3.63) is 83.7 Å². The molecule has 4 saturated carbocycles. The number of hydrogen-bond acceptors (Lipinski definition) is 3. The number of carboxylic acid groups (broad SMARTS) is 1. The molecular weight excluding hydrogens is 643 g/mol. The molecule has 0 unspecified atom stereocenters. The fraction of sp³-hybridized carbons (Fsp3) is 0.587. The Kier molecular flexibility index (Phi) is 7.93. The summed E-state index contributed by atoms with van der Waals surface area (Å²) >= 11 is 0. The smallest absolute Gasteiger partial charge is 0.335 e. The van der Waals surface area contributed by atoms with Crippen molar-refractivity contribution >= 4 is 28.5 Å². The van der Waals surface area contributed by atoms with Crippen LogP contribution in [0.15, 0.2) is 66.8 Å². The summed E-state index contributed by atoms with van der Waals surface area (Å²) in [6.07, 6.45) is 12.3. The topological polar surface area (TPSA) is 95.1 Å². The molecule has 5 aliphatic carbocycles. The highest BCUT2D eigenvalue weighted by atomic mass is 16.4. The number of amides is 1. The molecule has 0 saturated heterocycles. The van der Waals surface area contributed by atoms with Gasteiger partial charge in [0.1, 0.15) is 5.82 Å². The molecule has 4 fully saturated rings. The largest absolute Gasteiger partial charge is 0.478 e. The van der Waals surface area contributed by atoms with Crippen LogP contribution in [0.3, 0.4) is 0 Å². The Hall–Kier alpha value is -3.67. The molecule has 5 aliphatic rings. The van der Waals surface area contributed by atoms with E-state index in [9.17, 15) is 14.7 Å². The Morgan fingerprint density at radius 1 is 0.885 bits per heavy atom. The normalized spacial score (nSPS) is 39.0. The zero-order valence-electron chi connectivity index (χ0n) is 32.5. The van der Waals surface area contributed by atoms with E-state index in [1.165, 1.54) is 30.4 Å². The zero-order valence-corrected chi connectivity index (χ0v) is 32.5. The van der Waals surface area contributed by atoms with Gasteiger partial charge in [0.25, 0.3) is 0 Å². The van der Waals surface area contributed by atoms with Gasteiger partial charge in [-0.1, -0.05) is 84.0 Å². The number of carbonyl (C=O) groups excluding carboxylic acids is 1. The molecule has 0 aliphatic heterocycles. The molecule has 3 N–H and O–H groups in total. The standard InChI is InChI=1S/C46H59N3O3/c1-28(2)31-17-24-46(40(52)47-27-37-48-33-11-9-10-12-34(33)49-37)26-25-45(8)43(6)22-19-35-41(3,4)32(29-13-15-30(16-14-29)39(50)51)18-21-42(35,5)36(43)20-23-44(45,7)38(31)46/h9-16,18,31,35-36,38H,1,17,19-27H2,2-8H3,(H,47,52)(H,48,49)(H,50,51)/t31-,35-,36+,38+,42-,43+,44+,45-,46-/m0/s1. The lowest BCUT2D eigenvalue weighted by Gasteiger charge is -2.75. The highest BCUT2D eigenvalue weighted by Gasteiger charge is 2.75. The number of hydrogen-bond donors (Lipinski definition) is 3. The van der Waals surface area contributed by atoms with Gasteiger partial charge in [0.05, 0.1) is 28.6 Å². The third kappa shape index (κ3) is 4.63. The Bertz CT molecular complexity index is 1960. The summed E-state index contributed by atoms with van der Waals surface area (Å²) in [4.78, 5) is 34.5. The number of imidazole rings is 1. The van der Waals surface area contributed by atoms with Gasteiger partial charge in [-0.3, -0.25) is 4.79 Å². The van der Waals surface area contributed by atoms with Crippen LogP contribution < -0.4 is 5.32 Å². The van der Waals surface area contributed by atoms with E-state index in [0.29, 0.717) is 29.9 Å². The number of carboxylic acids is 1. The highest BCUT2D eigenvalue weighted by Crippen LogP contribution is 2.81. The van der Waals surface area contributed by atoms with E-state index in [4.69, 9.17) is 4.98 Å². The maximum Gasteiger partial charge on any atom is 0.335 e. The minimum atomic E-state index is -0.879. The Balaban J connectivity index is 1.11. The van der Waals surface area contributed by atoms with E-state index in [2.05, 4.69) is 71.4 Å². The maximum atomic E-state index is 14.7. The number of aromatic nitrogens is 2. The Labute approximate surface area is 310 Å². The second-order valence-electron chi connectivity index (χ2n) is 19.3. The molecule has 0 spiro atoms. The van der Waals surface area contributed by atoms with Gasteiger partial charge in [-0.25, -0.2) is 9.78 Å². The Morgan fingerprint density at radius 3 is 2.27 bits per heavy atom. The number of H-pyrrole nitrogens is 1. The quantitative estimate of drug-likeness (QED) is 0.223. The number of benzene rings is 2. The van der Waals surface area contributed by atoms with E-state index < -0.39 is 11.4 Å². The van der Waals surface area contributed by atoms with Crippen LogP contribution >= 0.6 is 0 Å². The molecule has 9 atom stereocenters. The summed E-state index contributed by atoms with van der Waals surface area (Å²) in [6, 6.07) is 15.6. The molecule has 52 heavy (non-hydrogen) atoms. The van der Waals surface area contributed by atoms with E-state index in [-0.39, 0.29) is 38.9 Å². The van der Waals surface area contributed by atoms with E-state index in [1.807, 2.05) is 36.4 Å². The monoisotopic (exact) mass is 701 g/mol. The molecule has 6 nitrogen and oxygen atoms in total. The van der Waals surface area contributed by atoms with Crippen LogP contribution in [0, 0.1) is 56.2 Å². The number of nitrogens with zero attached hydrogens (tertiary/aromatic N) is 1. The molecule has 8 rings (SSSR count). The summed E-state index contributed by atoms with van der Waals surface area (Å²) < 4.78 is 0. The predicted molar refractivity (Wildman–Crippen MR) is 208 cm³/mol. The van der Waals surface area contributed by atoms with E-state index in [1.54, 1.807) is 12.1 Å². The molecule has 1 amide bonds. The number of fused-ring (bicyclic) bond motifs is 8. The highest BCUT2D eigenvalue weighted by molar-refractivity contribution is 5.88. The van der Waals surface area contributed by atoms with Crippen molar-refractivity contribution in [2.45, 2.75) is 113 Å². The van der Waals surface area contributed by atoms with Crippen LogP contribution in [0.2, 0.25) is 0 Å². The van der Waals surface area contributed by atoms with Crippen molar-refractivity contribution in [2.24, 2.45) is 56.2 Å². The lowest BCUT2D eigenvalue weighted by Crippen LogP contribution is -2.70. The van der Waals surface area contributed by atoms with Crippen LogP contribution in [0.4, 0.5) is 0 Å². The average Bonchev–Trinajstić information content (AvgIpc) is 3.71. The molecule has 3 aromatic rings. The van der Waals surface area contributed by atoms with Gasteiger partial charge in [-0.15, -0.1) is 0 Å². The summed E-state index contributed by atoms with van der Waals surface area (Å²) in [5.74, 6) is 1.88. The van der Waals surface area contributed by atoms with Crippen LogP contribution in [0.1, 0.15) is 128 Å². The molecule has 1 aromatic heterocycles. The predicted octanol–water partition coefficient (Wildman–Crippen LogP) is 10.6. The van der Waals surface area contributed by atoms with Gasteiger partial charge in [0, 0.05) is 0 Å². The number of carbonyl (C=O) groups is 2. The summed E-state index contributed by atoms with van der Waals surface area (Å²) in [6.45, 7) is 22.6. The number of allylic oxidation sites excluding steroid dienone is 3. The van der Waals surface area contributed by atoms with Crippen molar-refractivity contribution in [3.63, 3.8) is 0 Å². The lowest BCUT2D eigenvalue weighted by atomic mass is 9.29. The number of para-hydroxylation sites is 2. The number of nitrogens with one attached hydrogen (secondary N) is 2. The third-order valence-electron chi connectivity index (χ3n) is 17.1. The molecule has 1 heterocycles. The molecule has 0 radical (unpaired) electrons. The van der Waals surface area contributed by atoms with Crippen LogP contribution in [-0.4, -0.2) is 27.0 Å². The summed E-state index contributed by atoms with van der Waals surface area (Å²) in [5.41, 5.74) is 6.02. The van der Waals surface area contributed by atoms with Gasteiger partial charge in [0.2, 0.25) is 5.91 Å². The summed E-state index contributed by atoms with van der Waals surface area (Å²) in [7, 11) is 0. The van der Waals surface area contributed by atoms with Crippen molar-refractivity contribution in [1.82, 2.24) is 15.3 Å². The molecule has 6 heteroatoms. The van der Waals surface area contributed by atoms with Crippen molar-refractivity contribution in [2.75, 3.05) is 0 Å². The van der Waals surface area contributed by atoms with Crippen molar-refractivity contribution < 1.29 is 14.7 Å². The Morgan fingerprint density at radius 2 is 1.58 bits per heavy atom. The number of aromatic amines is 1. The fourth-order valence-electron chi connectivity index (χ4n) is 14.5. The average molecular weight is 702 g/mol. The molecule has 276 valence electrons. The maximum absolute atomic E-state index is 14.7. The SMILES string of the molecule is C=C(C)[C@@H]1CC[C@]2(C(=O)NCc3nc4ccccc4[nH]3)CC[C@@]3(C)[C@]4(C)CC[C@H]5C(C)(C)C(c6ccc(C(=O)O)cc6)=CC[C@]5(C)[C@H]4CC[C@]3(C)[C@@H]12. The first kappa shape index (κ1) is 35.4. The molecule has 2 aromatic carbocycles. The fourth-order valence-corrected chi connectivity index (χ4v) is 14.5. The van der Waals surface area contributed by atoms with E-state index >= 15 is 0 Å². The first-order valence-electron chi connectivity index (χ1n) is 19.9. The van der Waals surface area contributed by atoms with Gasteiger partial charge >= 0.3 is 5.97 Å². The van der Waals surface area contributed by atoms with Gasteiger partial charge < -0.3 is 15.4 Å². The lowest BCUT2D eigenvalue weighted by molar-refractivity contribution is -0.261. The van der Waals surface area contributed by atoms with Gasteiger partial charge in [-0.05, 0) is 151 Å². The van der Waals surface area contributed by atoms with Crippen molar-refractivity contribution in [1.29, 1.82) is 0 Å². The van der Waals surface area contributed by atoms with Crippen LogP contribution in [0.25, 0.3) is 16.6 Å².